The fraction of sp³-hybridized carbons (Fsp3) is 0.0968. The molecule has 4 aromatic carbocycles. The van der Waals surface area contributed by atoms with E-state index in [1.165, 1.54) is 10.9 Å². The second-order valence-electron chi connectivity index (χ2n) is 9.17. The van der Waals surface area contributed by atoms with Gasteiger partial charge in [-0.25, -0.2) is 0 Å². The monoisotopic (exact) mass is 504 g/mol. The first-order chi connectivity index (χ1) is 16.7. The average molecular weight is 505 g/mol. The second kappa shape index (κ2) is 7.48. The molecule has 2 heterocycles. The first-order valence-corrected chi connectivity index (χ1v) is 12.4. The van der Waals surface area contributed by atoms with E-state index in [-0.39, 0.29) is 0 Å². The highest BCUT2D eigenvalue weighted by Gasteiger charge is 2.20. The Kier molecular flexibility index (Phi) is 4.37. The van der Waals surface area contributed by atoms with Crippen molar-refractivity contribution in [1.82, 2.24) is 0 Å². The Morgan fingerprint density at radius 1 is 0.735 bits per heavy atom. The lowest BCUT2D eigenvalue weighted by Crippen LogP contribution is -2.00. The lowest BCUT2D eigenvalue weighted by atomic mass is 9.93. The number of rotatable bonds is 2. The van der Waals surface area contributed by atoms with Gasteiger partial charge in [-0.05, 0) is 41.3 Å². The van der Waals surface area contributed by atoms with Crippen molar-refractivity contribution in [2.45, 2.75) is 13.3 Å². The molecule has 34 heavy (non-hydrogen) atoms. The van der Waals surface area contributed by atoms with Crippen molar-refractivity contribution in [2.75, 3.05) is 0 Å². The summed E-state index contributed by atoms with van der Waals surface area (Å²) in [4.78, 5) is 0. The summed E-state index contributed by atoms with van der Waals surface area (Å²) in [5, 5.41) is 3.45. The predicted octanol–water partition coefficient (Wildman–Crippen LogP) is 9.63. The van der Waals surface area contributed by atoms with Crippen LogP contribution in [0.5, 0.6) is 0 Å². The number of allylic oxidation sites excluding steroid dienone is 1. The maximum atomic E-state index is 6.46. The van der Waals surface area contributed by atoms with Gasteiger partial charge in [0.25, 0.3) is 0 Å². The maximum absolute atomic E-state index is 6.46. The van der Waals surface area contributed by atoms with Gasteiger partial charge in [0.1, 0.15) is 22.5 Å². The Labute approximate surface area is 205 Å². The summed E-state index contributed by atoms with van der Waals surface area (Å²) in [6.45, 7) is 2.23. The smallest absolute Gasteiger partial charge is 0.143 e. The van der Waals surface area contributed by atoms with Crippen LogP contribution in [-0.2, 0) is 6.42 Å². The summed E-state index contributed by atoms with van der Waals surface area (Å²) in [7, 11) is 0. The van der Waals surface area contributed by atoms with E-state index in [2.05, 4.69) is 102 Å². The Hall–Kier alpha value is -3.56. The highest BCUT2D eigenvalue weighted by atomic mass is 79.9. The van der Waals surface area contributed by atoms with E-state index in [4.69, 9.17) is 8.83 Å². The topological polar surface area (TPSA) is 26.3 Å². The molecule has 0 spiro atoms. The minimum Gasteiger partial charge on any atom is -0.460 e. The van der Waals surface area contributed by atoms with Crippen LogP contribution in [-0.4, -0.2) is 0 Å². The van der Waals surface area contributed by atoms with Gasteiger partial charge in [0, 0.05) is 43.7 Å². The summed E-state index contributed by atoms with van der Waals surface area (Å²) in [5.41, 5.74) is 8.41. The Balaban J connectivity index is 1.44. The summed E-state index contributed by atoms with van der Waals surface area (Å²) in [6, 6.07) is 27.6. The van der Waals surface area contributed by atoms with E-state index in [1.807, 2.05) is 12.1 Å². The number of benzene rings is 4. The van der Waals surface area contributed by atoms with Crippen LogP contribution in [0.4, 0.5) is 0 Å². The van der Waals surface area contributed by atoms with Crippen molar-refractivity contribution < 1.29 is 8.83 Å². The van der Waals surface area contributed by atoms with Crippen molar-refractivity contribution in [3.8, 4) is 22.3 Å². The van der Waals surface area contributed by atoms with Gasteiger partial charge in [-0.3, -0.25) is 0 Å². The van der Waals surface area contributed by atoms with E-state index in [1.54, 1.807) is 0 Å². The molecule has 0 saturated heterocycles. The van der Waals surface area contributed by atoms with Crippen LogP contribution in [0, 0.1) is 5.92 Å². The van der Waals surface area contributed by atoms with E-state index in [9.17, 15) is 0 Å². The van der Waals surface area contributed by atoms with Crippen LogP contribution in [0.1, 0.15) is 18.2 Å². The molecular weight excluding hydrogens is 484 g/mol. The van der Waals surface area contributed by atoms with Gasteiger partial charge in [0.15, 0.2) is 0 Å². The maximum Gasteiger partial charge on any atom is 0.143 e. The van der Waals surface area contributed by atoms with Gasteiger partial charge >= 0.3 is 0 Å². The average Bonchev–Trinajstić information content (AvgIpc) is 3.41. The second-order valence-corrected chi connectivity index (χ2v) is 10.1. The highest BCUT2D eigenvalue weighted by molar-refractivity contribution is 9.10. The van der Waals surface area contributed by atoms with Crippen molar-refractivity contribution in [1.29, 1.82) is 0 Å². The summed E-state index contributed by atoms with van der Waals surface area (Å²) in [6.07, 6.45) is 5.43. The molecule has 0 aliphatic heterocycles. The molecule has 2 aromatic heterocycles. The SMILES string of the molecule is CC1C=Cc2c(oc3c(-c4cc(Br)cc(-c5cccc6c5oc5ccccc56)c4)cccc23)C1. The van der Waals surface area contributed by atoms with Crippen molar-refractivity contribution in [3.05, 3.63) is 101 Å². The summed E-state index contributed by atoms with van der Waals surface area (Å²) in [5.74, 6) is 1.58. The Morgan fingerprint density at radius 3 is 2.21 bits per heavy atom. The van der Waals surface area contributed by atoms with Crippen LogP contribution in [0.15, 0.2) is 98.2 Å². The van der Waals surface area contributed by atoms with Crippen molar-refractivity contribution >= 4 is 54.9 Å². The molecule has 2 nitrogen and oxygen atoms in total. The van der Waals surface area contributed by atoms with Crippen LogP contribution in [0.2, 0.25) is 0 Å². The minimum absolute atomic E-state index is 0.498. The third kappa shape index (κ3) is 3.00. The molecule has 1 atom stereocenters. The zero-order valence-corrected chi connectivity index (χ0v) is 20.2. The quantitative estimate of drug-likeness (QED) is 0.234. The Bertz CT molecular complexity index is 1770. The van der Waals surface area contributed by atoms with Crippen molar-refractivity contribution in [3.63, 3.8) is 0 Å². The molecular formula is C31H21BrO2. The molecule has 3 heteroatoms. The fourth-order valence-corrected chi connectivity index (χ4v) is 5.74. The molecule has 0 radical (unpaired) electrons. The first-order valence-electron chi connectivity index (χ1n) is 11.6. The molecule has 7 rings (SSSR count). The number of hydrogen-bond acceptors (Lipinski definition) is 2. The highest BCUT2D eigenvalue weighted by Crippen LogP contribution is 2.41. The number of fused-ring (bicyclic) bond motifs is 6. The number of furan rings is 2. The van der Waals surface area contributed by atoms with Crippen LogP contribution >= 0.6 is 15.9 Å². The van der Waals surface area contributed by atoms with E-state index < -0.39 is 0 Å². The van der Waals surface area contributed by atoms with Crippen LogP contribution < -0.4 is 0 Å². The minimum atomic E-state index is 0.498. The number of hydrogen-bond donors (Lipinski definition) is 0. The number of para-hydroxylation sites is 3. The van der Waals surface area contributed by atoms with Crippen LogP contribution in [0.25, 0.3) is 61.2 Å². The van der Waals surface area contributed by atoms with Crippen molar-refractivity contribution in [2.24, 2.45) is 5.92 Å². The summed E-state index contributed by atoms with van der Waals surface area (Å²) >= 11 is 3.76. The van der Waals surface area contributed by atoms with Crippen LogP contribution in [0.3, 0.4) is 0 Å². The molecule has 6 aromatic rings. The van der Waals surface area contributed by atoms with E-state index in [0.29, 0.717) is 5.92 Å². The molecule has 1 aliphatic rings. The van der Waals surface area contributed by atoms with Gasteiger partial charge in [0.2, 0.25) is 0 Å². The predicted molar refractivity (Wildman–Crippen MR) is 144 cm³/mol. The zero-order chi connectivity index (χ0) is 22.8. The Morgan fingerprint density at radius 2 is 1.41 bits per heavy atom. The standard InChI is InChI=1S/C31H21BrO2/c1-18-12-13-25-27-10-5-8-23(31(27)34-29(25)14-18)20-15-19(16-21(32)17-20)22-7-4-9-26-24-6-2-3-11-28(24)33-30(22)26/h2-13,15-18H,14H2,1H3. The van der Waals surface area contributed by atoms with Gasteiger partial charge in [-0.1, -0.05) is 89.6 Å². The van der Waals surface area contributed by atoms with Gasteiger partial charge in [-0.2, -0.15) is 0 Å². The largest absolute Gasteiger partial charge is 0.460 e. The van der Waals surface area contributed by atoms with Gasteiger partial charge in [0.05, 0.1) is 0 Å². The molecule has 0 saturated carbocycles. The van der Waals surface area contributed by atoms with Gasteiger partial charge in [-0.15, -0.1) is 0 Å². The first kappa shape index (κ1) is 19.9. The van der Waals surface area contributed by atoms with E-state index in [0.717, 1.165) is 66.4 Å². The van der Waals surface area contributed by atoms with E-state index >= 15 is 0 Å². The molecule has 1 unspecified atom stereocenters. The molecule has 164 valence electrons. The third-order valence-corrected chi connectivity index (χ3v) is 7.31. The molecule has 0 bridgehead atoms. The van der Waals surface area contributed by atoms with Gasteiger partial charge < -0.3 is 8.83 Å². The number of halogens is 1. The fourth-order valence-electron chi connectivity index (χ4n) is 5.25. The third-order valence-electron chi connectivity index (χ3n) is 6.85. The molecule has 0 fully saturated rings. The lowest BCUT2D eigenvalue weighted by Gasteiger charge is -2.09. The molecule has 1 aliphatic carbocycles. The summed E-state index contributed by atoms with van der Waals surface area (Å²) < 4.78 is 13.8. The normalized spacial score (nSPS) is 15.4. The molecule has 0 amide bonds. The molecule has 0 N–H and O–H groups in total. The lowest BCUT2D eigenvalue weighted by molar-refractivity contribution is 0.514. The zero-order valence-electron chi connectivity index (χ0n) is 18.6.